The van der Waals surface area contributed by atoms with Gasteiger partial charge in [0.15, 0.2) is 0 Å². The van der Waals surface area contributed by atoms with Crippen molar-refractivity contribution in [1.29, 1.82) is 0 Å². The van der Waals surface area contributed by atoms with Crippen LogP contribution < -0.4 is 5.73 Å². The Kier molecular flexibility index (Phi) is 3.40. The van der Waals surface area contributed by atoms with Crippen LogP contribution in [0.1, 0.15) is 11.1 Å². The standard InChI is InChI=1S/C11H13FN2/c1-8-5-9(3-4-11(8)12)10(6-13)7-14-2/h3-7H,13H2,1-2H3. The van der Waals surface area contributed by atoms with Crippen LogP contribution in [-0.2, 0) is 0 Å². The molecule has 0 bridgehead atoms. The molecule has 14 heavy (non-hydrogen) atoms. The summed E-state index contributed by atoms with van der Waals surface area (Å²) < 4.78 is 13.0. The number of hydrogen-bond acceptors (Lipinski definition) is 2. The van der Waals surface area contributed by atoms with Crippen molar-refractivity contribution in [2.45, 2.75) is 6.92 Å². The Labute approximate surface area is 83.0 Å². The number of nitrogens with zero attached hydrogens (tertiary/aromatic N) is 1. The van der Waals surface area contributed by atoms with E-state index in [2.05, 4.69) is 4.99 Å². The van der Waals surface area contributed by atoms with Gasteiger partial charge in [-0.05, 0) is 30.2 Å². The van der Waals surface area contributed by atoms with Crippen LogP contribution in [0, 0.1) is 12.7 Å². The van der Waals surface area contributed by atoms with Gasteiger partial charge in [-0.1, -0.05) is 6.07 Å². The van der Waals surface area contributed by atoms with E-state index in [4.69, 9.17) is 5.73 Å². The number of aliphatic imine (C=N–C) groups is 1. The summed E-state index contributed by atoms with van der Waals surface area (Å²) in [6.45, 7) is 1.72. The molecular formula is C11H13FN2. The van der Waals surface area contributed by atoms with Gasteiger partial charge in [-0.3, -0.25) is 4.99 Å². The van der Waals surface area contributed by atoms with Crippen molar-refractivity contribution in [1.82, 2.24) is 0 Å². The predicted octanol–water partition coefficient (Wildman–Crippen LogP) is 2.13. The molecule has 2 nitrogen and oxygen atoms in total. The summed E-state index contributed by atoms with van der Waals surface area (Å²) in [4.78, 5) is 3.87. The van der Waals surface area contributed by atoms with Gasteiger partial charge in [0.25, 0.3) is 0 Å². The largest absolute Gasteiger partial charge is 0.404 e. The lowest BCUT2D eigenvalue weighted by Crippen LogP contribution is -1.93. The fourth-order valence-electron chi connectivity index (χ4n) is 1.18. The molecule has 1 aromatic rings. The van der Waals surface area contributed by atoms with Crippen LogP contribution in [0.4, 0.5) is 4.39 Å². The first kappa shape index (κ1) is 10.4. The summed E-state index contributed by atoms with van der Waals surface area (Å²) in [5, 5.41) is 0. The van der Waals surface area contributed by atoms with Crippen molar-refractivity contribution >= 4 is 11.8 Å². The van der Waals surface area contributed by atoms with E-state index in [0.717, 1.165) is 11.1 Å². The molecule has 0 heterocycles. The first-order valence-electron chi connectivity index (χ1n) is 4.29. The van der Waals surface area contributed by atoms with Crippen LogP contribution in [0.2, 0.25) is 0 Å². The van der Waals surface area contributed by atoms with Crippen LogP contribution in [-0.4, -0.2) is 13.3 Å². The van der Waals surface area contributed by atoms with Crippen LogP contribution in [0.25, 0.3) is 5.57 Å². The maximum Gasteiger partial charge on any atom is 0.126 e. The third-order valence-electron chi connectivity index (χ3n) is 1.94. The number of halogens is 1. The maximum absolute atomic E-state index is 13.0. The van der Waals surface area contributed by atoms with Gasteiger partial charge < -0.3 is 5.73 Å². The Morgan fingerprint density at radius 1 is 1.50 bits per heavy atom. The molecule has 0 unspecified atom stereocenters. The van der Waals surface area contributed by atoms with Crippen LogP contribution in [0.15, 0.2) is 29.4 Å². The van der Waals surface area contributed by atoms with E-state index in [1.807, 2.05) is 0 Å². The third kappa shape index (κ3) is 2.19. The molecule has 3 heteroatoms. The lowest BCUT2D eigenvalue weighted by molar-refractivity contribution is 0.618. The fourth-order valence-corrected chi connectivity index (χ4v) is 1.18. The monoisotopic (exact) mass is 192 g/mol. The van der Waals surface area contributed by atoms with E-state index in [9.17, 15) is 4.39 Å². The Morgan fingerprint density at radius 2 is 2.21 bits per heavy atom. The highest BCUT2D eigenvalue weighted by Crippen LogP contribution is 2.15. The zero-order valence-electron chi connectivity index (χ0n) is 8.29. The summed E-state index contributed by atoms with van der Waals surface area (Å²) >= 11 is 0. The molecule has 0 atom stereocenters. The topological polar surface area (TPSA) is 38.4 Å². The maximum atomic E-state index is 13.0. The molecule has 0 aliphatic carbocycles. The highest BCUT2D eigenvalue weighted by Gasteiger charge is 2.01. The summed E-state index contributed by atoms with van der Waals surface area (Å²) in [5.41, 5.74) is 7.69. The zero-order valence-corrected chi connectivity index (χ0v) is 8.29. The Balaban J connectivity index is 3.13. The van der Waals surface area contributed by atoms with Crippen LogP contribution in [0.5, 0.6) is 0 Å². The Hall–Kier alpha value is -1.64. The fraction of sp³-hybridized carbons (Fsp3) is 0.182. The average molecular weight is 192 g/mol. The Bertz CT molecular complexity index is 381. The average Bonchev–Trinajstić information content (AvgIpc) is 2.19. The quantitative estimate of drug-likeness (QED) is 0.716. The van der Waals surface area contributed by atoms with E-state index in [-0.39, 0.29) is 5.82 Å². The van der Waals surface area contributed by atoms with Crippen molar-refractivity contribution < 1.29 is 4.39 Å². The molecule has 0 aliphatic rings. The second-order valence-electron chi connectivity index (χ2n) is 2.97. The summed E-state index contributed by atoms with van der Waals surface area (Å²) in [5.74, 6) is -0.210. The van der Waals surface area contributed by atoms with Crippen molar-refractivity contribution in [2.24, 2.45) is 10.7 Å². The van der Waals surface area contributed by atoms with Crippen LogP contribution >= 0.6 is 0 Å². The molecule has 0 aromatic heterocycles. The first-order chi connectivity index (χ1) is 6.69. The first-order valence-corrected chi connectivity index (χ1v) is 4.29. The molecule has 74 valence electrons. The van der Waals surface area contributed by atoms with Gasteiger partial charge in [0.1, 0.15) is 5.82 Å². The van der Waals surface area contributed by atoms with Gasteiger partial charge in [-0.2, -0.15) is 0 Å². The molecule has 2 N–H and O–H groups in total. The van der Waals surface area contributed by atoms with E-state index >= 15 is 0 Å². The van der Waals surface area contributed by atoms with E-state index in [0.29, 0.717) is 5.56 Å². The van der Waals surface area contributed by atoms with Crippen molar-refractivity contribution in [3.8, 4) is 0 Å². The molecule has 1 rings (SSSR count). The molecule has 0 fully saturated rings. The second-order valence-corrected chi connectivity index (χ2v) is 2.97. The lowest BCUT2D eigenvalue weighted by atomic mass is 10.1. The van der Waals surface area contributed by atoms with Crippen LogP contribution in [0.3, 0.4) is 0 Å². The SMILES string of the molecule is CN=CC(=CN)c1ccc(F)c(C)c1. The summed E-state index contributed by atoms with van der Waals surface area (Å²) in [6.07, 6.45) is 3.10. The van der Waals surface area contributed by atoms with Gasteiger partial charge >= 0.3 is 0 Å². The minimum absolute atomic E-state index is 0.210. The highest BCUT2D eigenvalue weighted by atomic mass is 19.1. The Morgan fingerprint density at radius 3 is 2.71 bits per heavy atom. The normalized spacial score (nSPS) is 12.4. The third-order valence-corrected chi connectivity index (χ3v) is 1.94. The summed E-state index contributed by atoms with van der Waals surface area (Å²) in [7, 11) is 1.67. The number of hydrogen-bond donors (Lipinski definition) is 1. The molecule has 0 radical (unpaired) electrons. The lowest BCUT2D eigenvalue weighted by Gasteiger charge is -2.03. The van der Waals surface area contributed by atoms with Gasteiger partial charge in [-0.25, -0.2) is 4.39 Å². The minimum atomic E-state index is -0.210. The number of benzene rings is 1. The molecule has 0 saturated heterocycles. The van der Waals surface area contributed by atoms with Gasteiger partial charge in [0.05, 0.1) is 0 Å². The predicted molar refractivity (Wildman–Crippen MR) is 57.7 cm³/mol. The number of nitrogens with two attached hydrogens (primary N) is 1. The minimum Gasteiger partial charge on any atom is -0.404 e. The van der Waals surface area contributed by atoms with Crippen molar-refractivity contribution in [2.75, 3.05) is 7.05 Å². The zero-order chi connectivity index (χ0) is 10.6. The number of allylic oxidation sites excluding steroid dienone is 1. The highest BCUT2D eigenvalue weighted by molar-refractivity contribution is 6.09. The molecule has 0 spiro atoms. The smallest absolute Gasteiger partial charge is 0.126 e. The molecule has 0 amide bonds. The second kappa shape index (κ2) is 4.56. The molecule has 1 aromatic carbocycles. The van der Waals surface area contributed by atoms with Gasteiger partial charge in [0, 0.05) is 25.0 Å². The van der Waals surface area contributed by atoms with Gasteiger partial charge in [-0.15, -0.1) is 0 Å². The number of rotatable bonds is 2. The van der Waals surface area contributed by atoms with E-state index in [1.165, 1.54) is 12.3 Å². The number of aryl methyl sites for hydroxylation is 1. The molecule has 0 aliphatic heterocycles. The van der Waals surface area contributed by atoms with Gasteiger partial charge in [0.2, 0.25) is 0 Å². The van der Waals surface area contributed by atoms with E-state index in [1.54, 1.807) is 32.3 Å². The summed E-state index contributed by atoms with van der Waals surface area (Å²) in [6, 6.07) is 4.86. The van der Waals surface area contributed by atoms with Crippen molar-refractivity contribution in [3.05, 3.63) is 41.3 Å². The molecular weight excluding hydrogens is 179 g/mol. The van der Waals surface area contributed by atoms with E-state index < -0.39 is 0 Å². The van der Waals surface area contributed by atoms with Crippen molar-refractivity contribution in [3.63, 3.8) is 0 Å². The molecule has 0 saturated carbocycles.